The summed E-state index contributed by atoms with van der Waals surface area (Å²) >= 11 is 0. The molecule has 0 atom stereocenters. The predicted molar refractivity (Wildman–Crippen MR) is 128 cm³/mol. The summed E-state index contributed by atoms with van der Waals surface area (Å²) in [5.41, 5.74) is 2.26. The van der Waals surface area contributed by atoms with Gasteiger partial charge in [0.05, 0.1) is 12.2 Å². The van der Waals surface area contributed by atoms with Crippen LogP contribution in [0, 0.1) is 12.7 Å². The molecule has 1 amide bonds. The van der Waals surface area contributed by atoms with Gasteiger partial charge in [0.15, 0.2) is 12.6 Å². The van der Waals surface area contributed by atoms with E-state index in [-0.39, 0.29) is 42.3 Å². The fourth-order valence-corrected chi connectivity index (χ4v) is 3.09. The Morgan fingerprint density at radius 1 is 1.23 bits per heavy atom. The highest BCUT2D eigenvalue weighted by Crippen LogP contribution is 2.31. The summed E-state index contributed by atoms with van der Waals surface area (Å²) in [5.74, 6) is 1.15. The largest absolute Gasteiger partial charge is 0.482 e. The molecule has 1 aliphatic rings. The number of aliphatic imine (C=N–C) groups is 1. The number of nitrogens with one attached hydrogen (secondary N) is 2. The molecule has 3 rings (SSSR count). The van der Waals surface area contributed by atoms with Crippen LogP contribution in [0.3, 0.4) is 0 Å². The average Bonchev–Trinajstić information content (AvgIpc) is 2.73. The molecule has 0 spiro atoms. The number of carbonyl (C=O) groups excluding carboxylic acids is 1. The van der Waals surface area contributed by atoms with Gasteiger partial charge in [-0.25, -0.2) is 9.38 Å². The van der Waals surface area contributed by atoms with Crippen molar-refractivity contribution in [2.75, 3.05) is 31.1 Å². The number of aryl methyl sites for hydroxylation is 1. The van der Waals surface area contributed by atoms with Gasteiger partial charge >= 0.3 is 0 Å². The highest BCUT2D eigenvalue weighted by Gasteiger charge is 2.24. The molecule has 1 heterocycles. The zero-order chi connectivity index (χ0) is 20.6. The molecule has 6 nitrogen and oxygen atoms in total. The number of nitrogens with zero attached hydrogens (tertiary/aromatic N) is 2. The maximum absolute atomic E-state index is 13.7. The number of carbonyl (C=O) groups is 1. The average molecular weight is 526 g/mol. The van der Waals surface area contributed by atoms with Crippen molar-refractivity contribution >= 4 is 41.5 Å². The van der Waals surface area contributed by atoms with E-state index >= 15 is 0 Å². The Hall–Kier alpha value is -2.36. The SMILES string of the molecule is CCNC(=NCc1ccc(C)c(F)c1)NCCCN1C(=O)COc2ccccc21.I. The standard InChI is InChI=1S/C22H27FN4O2.HI/c1-3-24-22(26-14-17-10-9-16(2)18(23)13-17)25-11-6-12-27-19-7-4-5-8-20(19)29-15-21(27)28;/h4-5,7-10,13H,3,6,11-12,14-15H2,1-2H3,(H2,24,25,26);1H. The Bertz CT molecular complexity index is 891. The van der Waals surface area contributed by atoms with Gasteiger partial charge < -0.3 is 20.3 Å². The number of benzene rings is 2. The number of guanidine groups is 1. The maximum Gasteiger partial charge on any atom is 0.265 e. The minimum atomic E-state index is -0.217. The number of para-hydroxylation sites is 2. The Morgan fingerprint density at radius 3 is 2.80 bits per heavy atom. The molecule has 2 N–H and O–H groups in total. The van der Waals surface area contributed by atoms with Gasteiger partial charge in [0, 0.05) is 19.6 Å². The molecule has 0 saturated heterocycles. The van der Waals surface area contributed by atoms with Gasteiger partial charge in [-0.15, -0.1) is 24.0 Å². The van der Waals surface area contributed by atoms with Gasteiger partial charge in [-0.1, -0.05) is 24.3 Å². The highest BCUT2D eigenvalue weighted by atomic mass is 127. The summed E-state index contributed by atoms with van der Waals surface area (Å²) in [6.07, 6.45) is 0.754. The Kier molecular flexibility index (Phi) is 9.35. The van der Waals surface area contributed by atoms with Crippen LogP contribution in [0.1, 0.15) is 24.5 Å². The normalized spacial score (nSPS) is 13.2. The molecule has 0 unspecified atom stereocenters. The van der Waals surface area contributed by atoms with Crippen molar-refractivity contribution in [1.29, 1.82) is 0 Å². The lowest BCUT2D eigenvalue weighted by Crippen LogP contribution is -2.42. The topological polar surface area (TPSA) is 66.0 Å². The van der Waals surface area contributed by atoms with Gasteiger partial charge in [0.25, 0.3) is 5.91 Å². The first-order valence-electron chi connectivity index (χ1n) is 9.88. The summed E-state index contributed by atoms with van der Waals surface area (Å²) in [4.78, 5) is 18.5. The number of fused-ring (bicyclic) bond motifs is 1. The first kappa shape index (κ1) is 23.9. The second-order valence-electron chi connectivity index (χ2n) is 6.86. The summed E-state index contributed by atoms with van der Waals surface area (Å²) in [5, 5.41) is 6.46. The van der Waals surface area contributed by atoms with Crippen molar-refractivity contribution in [3.05, 3.63) is 59.4 Å². The van der Waals surface area contributed by atoms with Crippen LogP contribution in [0.4, 0.5) is 10.1 Å². The lowest BCUT2D eigenvalue weighted by molar-refractivity contribution is -0.121. The summed E-state index contributed by atoms with van der Waals surface area (Å²) in [6, 6.07) is 12.7. The molecular weight excluding hydrogens is 498 g/mol. The molecule has 0 saturated carbocycles. The zero-order valence-electron chi connectivity index (χ0n) is 17.3. The Labute approximate surface area is 193 Å². The first-order valence-corrected chi connectivity index (χ1v) is 9.88. The van der Waals surface area contributed by atoms with Crippen LogP contribution in [0.5, 0.6) is 5.75 Å². The van der Waals surface area contributed by atoms with E-state index in [9.17, 15) is 9.18 Å². The molecule has 2 aromatic carbocycles. The molecule has 0 aliphatic carbocycles. The van der Waals surface area contributed by atoms with E-state index in [0.717, 1.165) is 30.0 Å². The second kappa shape index (κ2) is 11.7. The zero-order valence-corrected chi connectivity index (χ0v) is 19.6. The molecule has 0 bridgehead atoms. The lowest BCUT2D eigenvalue weighted by atomic mass is 10.1. The molecule has 0 aromatic heterocycles. The van der Waals surface area contributed by atoms with E-state index in [1.54, 1.807) is 17.9 Å². The van der Waals surface area contributed by atoms with Crippen LogP contribution in [0.15, 0.2) is 47.5 Å². The Balaban J connectivity index is 0.00000320. The van der Waals surface area contributed by atoms with Gasteiger partial charge in [-0.2, -0.15) is 0 Å². The van der Waals surface area contributed by atoms with E-state index in [1.165, 1.54) is 6.07 Å². The van der Waals surface area contributed by atoms with Crippen molar-refractivity contribution < 1.29 is 13.9 Å². The quantitative estimate of drug-likeness (QED) is 0.251. The molecular formula is C22H28FIN4O2. The third-order valence-electron chi connectivity index (χ3n) is 4.66. The van der Waals surface area contributed by atoms with Gasteiger partial charge in [-0.05, 0) is 49.6 Å². The third kappa shape index (κ3) is 6.32. The van der Waals surface area contributed by atoms with Crippen LogP contribution in [-0.4, -0.2) is 38.1 Å². The monoisotopic (exact) mass is 526 g/mol. The van der Waals surface area contributed by atoms with Crippen molar-refractivity contribution in [2.45, 2.75) is 26.8 Å². The Morgan fingerprint density at radius 2 is 2.03 bits per heavy atom. The van der Waals surface area contributed by atoms with Crippen LogP contribution < -0.4 is 20.3 Å². The fourth-order valence-electron chi connectivity index (χ4n) is 3.09. The molecule has 1 aliphatic heterocycles. The van der Waals surface area contributed by atoms with Crippen molar-refractivity contribution in [1.82, 2.24) is 10.6 Å². The molecule has 8 heteroatoms. The smallest absolute Gasteiger partial charge is 0.265 e. The fraction of sp³-hybridized carbons (Fsp3) is 0.364. The number of halogens is 2. The van der Waals surface area contributed by atoms with Crippen LogP contribution in [-0.2, 0) is 11.3 Å². The predicted octanol–water partition coefficient (Wildman–Crippen LogP) is 3.62. The highest BCUT2D eigenvalue weighted by molar-refractivity contribution is 14.0. The van der Waals surface area contributed by atoms with E-state index in [4.69, 9.17) is 4.74 Å². The maximum atomic E-state index is 13.7. The third-order valence-corrected chi connectivity index (χ3v) is 4.66. The molecule has 162 valence electrons. The van der Waals surface area contributed by atoms with Crippen molar-refractivity contribution in [3.63, 3.8) is 0 Å². The molecule has 2 aromatic rings. The number of hydrogen-bond donors (Lipinski definition) is 2. The number of hydrogen-bond acceptors (Lipinski definition) is 3. The summed E-state index contributed by atoms with van der Waals surface area (Å²) in [7, 11) is 0. The van der Waals surface area contributed by atoms with Crippen molar-refractivity contribution in [2.24, 2.45) is 4.99 Å². The minimum Gasteiger partial charge on any atom is -0.482 e. The molecule has 0 fully saturated rings. The second-order valence-corrected chi connectivity index (χ2v) is 6.86. The summed E-state index contributed by atoms with van der Waals surface area (Å²) < 4.78 is 19.2. The van der Waals surface area contributed by atoms with Crippen LogP contribution >= 0.6 is 24.0 Å². The minimum absolute atomic E-state index is 0. The van der Waals surface area contributed by atoms with Crippen LogP contribution in [0.25, 0.3) is 0 Å². The lowest BCUT2D eigenvalue weighted by Gasteiger charge is -2.29. The number of ether oxygens (including phenoxy) is 1. The van der Waals surface area contributed by atoms with E-state index < -0.39 is 0 Å². The van der Waals surface area contributed by atoms with Gasteiger partial charge in [0.2, 0.25) is 0 Å². The first-order chi connectivity index (χ1) is 14.1. The van der Waals surface area contributed by atoms with Gasteiger partial charge in [-0.3, -0.25) is 4.79 Å². The van der Waals surface area contributed by atoms with E-state index in [1.807, 2.05) is 37.3 Å². The summed E-state index contributed by atoms with van der Waals surface area (Å²) in [6.45, 7) is 6.17. The number of rotatable bonds is 7. The van der Waals surface area contributed by atoms with Gasteiger partial charge in [0.1, 0.15) is 11.6 Å². The number of anilines is 1. The number of amides is 1. The van der Waals surface area contributed by atoms with E-state index in [0.29, 0.717) is 31.2 Å². The van der Waals surface area contributed by atoms with E-state index in [2.05, 4.69) is 15.6 Å². The molecule has 0 radical (unpaired) electrons. The van der Waals surface area contributed by atoms with Crippen molar-refractivity contribution in [3.8, 4) is 5.75 Å². The van der Waals surface area contributed by atoms with Crippen LogP contribution in [0.2, 0.25) is 0 Å². The molecule has 30 heavy (non-hydrogen) atoms.